The number of aromatic nitrogens is 4. The lowest BCUT2D eigenvalue weighted by Crippen LogP contribution is -2.41. The number of hydrazine groups is 1. The second-order valence-electron chi connectivity index (χ2n) is 6.51. The van der Waals surface area contributed by atoms with Gasteiger partial charge in [0.15, 0.2) is 0 Å². The SMILES string of the molecule is Cc1occc1C(=O)NNC(=O)c1ccc(Cn2nnc(-c3ccccc3)n2)cc1. The standard InChI is InChI=1S/C21H18N6O3/c1-14-18(11-12-30-14)21(29)24-23-20(28)17-9-7-15(8-10-17)13-27-25-19(22-26-27)16-5-3-2-4-6-16/h2-12H,13H2,1H3,(H,23,28)(H,24,29). The molecule has 2 N–H and O–H groups in total. The number of hydrogen-bond donors (Lipinski definition) is 2. The number of nitrogens with zero attached hydrogens (tertiary/aromatic N) is 4. The lowest BCUT2D eigenvalue weighted by Gasteiger charge is -2.07. The number of amides is 2. The fourth-order valence-corrected chi connectivity index (χ4v) is 2.81. The van der Waals surface area contributed by atoms with E-state index in [1.807, 2.05) is 30.3 Å². The van der Waals surface area contributed by atoms with E-state index in [0.717, 1.165) is 11.1 Å². The molecule has 0 aliphatic heterocycles. The zero-order chi connectivity index (χ0) is 20.9. The van der Waals surface area contributed by atoms with Gasteiger partial charge in [-0.2, -0.15) is 4.80 Å². The minimum atomic E-state index is -0.447. The van der Waals surface area contributed by atoms with Crippen LogP contribution in [0.15, 0.2) is 71.3 Å². The highest BCUT2D eigenvalue weighted by Crippen LogP contribution is 2.13. The molecule has 0 spiro atoms. The molecule has 0 atom stereocenters. The molecule has 4 rings (SSSR count). The first-order chi connectivity index (χ1) is 14.6. The summed E-state index contributed by atoms with van der Waals surface area (Å²) in [4.78, 5) is 25.8. The molecule has 0 aliphatic carbocycles. The highest BCUT2D eigenvalue weighted by molar-refractivity contribution is 5.99. The number of furan rings is 1. The largest absolute Gasteiger partial charge is 0.469 e. The molecule has 2 aromatic carbocycles. The summed E-state index contributed by atoms with van der Waals surface area (Å²) in [6.07, 6.45) is 1.41. The Hall–Kier alpha value is -4.27. The van der Waals surface area contributed by atoms with Crippen molar-refractivity contribution in [1.82, 2.24) is 31.1 Å². The van der Waals surface area contributed by atoms with Crippen molar-refractivity contribution in [3.8, 4) is 11.4 Å². The van der Waals surface area contributed by atoms with Crippen LogP contribution < -0.4 is 10.9 Å². The fraction of sp³-hybridized carbons (Fsp3) is 0.0952. The van der Waals surface area contributed by atoms with E-state index in [1.54, 1.807) is 31.2 Å². The molecule has 2 aromatic heterocycles. The summed E-state index contributed by atoms with van der Waals surface area (Å²) >= 11 is 0. The normalized spacial score (nSPS) is 10.6. The zero-order valence-corrected chi connectivity index (χ0v) is 16.1. The molecular formula is C21H18N6O3. The van der Waals surface area contributed by atoms with E-state index in [4.69, 9.17) is 4.42 Å². The van der Waals surface area contributed by atoms with Crippen molar-refractivity contribution in [2.75, 3.05) is 0 Å². The molecule has 0 fully saturated rings. The number of carbonyl (C=O) groups is 2. The van der Waals surface area contributed by atoms with Crippen LogP contribution in [0.1, 0.15) is 32.0 Å². The van der Waals surface area contributed by atoms with Crippen LogP contribution >= 0.6 is 0 Å². The van der Waals surface area contributed by atoms with Gasteiger partial charge in [0, 0.05) is 11.1 Å². The number of rotatable bonds is 5. The third kappa shape index (κ3) is 4.25. The Morgan fingerprint density at radius 1 is 0.967 bits per heavy atom. The Balaban J connectivity index is 1.35. The van der Waals surface area contributed by atoms with Crippen LogP contribution in [0.5, 0.6) is 0 Å². The second kappa shape index (κ2) is 8.39. The van der Waals surface area contributed by atoms with Gasteiger partial charge in [0.2, 0.25) is 5.82 Å². The molecule has 150 valence electrons. The average Bonchev–Trinajstić information content (AvgIpc) is 3.42. The maximum atomic E-state index is 12.2. The lowest BCUT2D eigenvalue weighted by molar-refractivity contribution is 0.0845. The van der Waals surface area contributed by atoms with Gasteiger partial charge in [-0.3, -0.25) is 20.4 Å². The number of tetrazole rings is 1. The van der Waals surface area contributed by atoms with Gasteiger partial charge in [-0.1, -0.05) is 42.5 Å². The van der Waals surface area contributed by atoms with E-state index in [-0.39, 0.29) is 0 Å². The van der Waals surface area contributed by atoms with E-state index in [0.29, 0.717) is 29.3 Å². The average molecular weight is 402 g/mol. The number of aryl methyl sites for hydroxylation is 1. The van der Waals surface area contributed by atoms with Crippen molar-refractivity contribution in [3.05, 3.63) is 89.4 Å². The highest BCUT2D eigenvalue weighted by atomic mass is 16.3. The van der Waals surface area contributed by atoms with Crippen LogP contribution in [0.25, 0.3) is 11.4 Å². The number of carbonyl (C=O) groups excluding carboxylic acids is 2. The van der Waals surface area contributed by atoms with Crippen molar-refractivity contribution in [2.45, 2.75) is 13.5 Å². The van der Waals surface area contributed by atoms with Crippen molar-refractivity contribution in [3.63, 3.8) is 0 Å². The van der Waals surface area contributed by atoms with Gasteiger partial charge < -0.3 is 4.42 Å². The Kier molecular flexibility index (Phi) is 5.33. The quantitative estimate of drug-likeness (QED) is 0.495. The lowest BCUT2D eigenvalue weighted by atomic mass is 10.1. The smallest absolute Gasteiger partial charge is 0.273 e. The molecular weight excluding hydrogens is 384 g/mol. The third-order valence-electron chi connectivity index (χ3n) is 4.42. The summed E-state index contributed by atoms with van der Waals surface area (Å²) in [5, 5.41) is 12.5. The van der Waals surface area contributed by atoms with Crippen LogP contribution in [-0.2, 0) is 6.54 Å². The zero-order valence-electron chi connectivity index (χ0n) is 16.1. The molecule has 9 nitrogen and oxygen atoms in total. The van der Waals surface area contributed by atoms with Gasteiger partial charge in [-0.25, -0.2) is 0 Å². The highest BCUT2D eigenvalue weighted by Gasteiger charge is 2.13. The molecule has 0 bridgehead atoms. The first-order valence-electron chi connectivity index (χ1n) is 9.17. The summed E-state index contributed by atoms with van der Waals surface area (Å²) in [5.74, 6) is 0.150. The van der Waals surface area contributed by atoms with Crippen molar-refractivity contribution in [1.29, 1.82) is 0 Å². The molecule has 0 unspecified atom stereocenters. The van der Waals surface area contributed by atoms with Gasteiger partial charge in [-0.15, -0.1) is 10.2 Å². The summed E-state index contributed by atoms with van der Waals surface area (Å²) in [7, 11) is 0. The van der Waals surface area contributed by atoms with Crippen LogP contribution in [0.2, 0.25) is 0 Å². The van der Waals surface area contributed by atoms with E-state index in [1.165, 1.54) is 17.1 Å². The first kappa shape index (κ1) is 19.1. The number of hydrogen-bond acceptors (Lipinski definition) is 6. The van der Waals surface area contributed by atoms with E-state index in [9.17, 15) is 9.59 Å². The second-order valence-corrected chi connectivity index (χ2v) is 6.51. The third-order valence-corrected chi connectivity index (χ3v) is 4.42. The molecule has 30 heavy (non-hydrogen) atoms. The van der Waals surface area contributed by atoms with Crippen LogP contribution in [0.4, 0.5) is 0 Å². The summed E-state index contributed by atoms with van der Waals surface area (Å²) < 4.78 is 5.08. The van der Waals surface area contributed by atoms with E-state index < -0.39 is 11.8 Å². The van der Waals surface area contributed by atoms with E-state index in [2.05, 4.69) is 26.3 Å². The topological polar surface area (TPSA) is 115 Å². The molecule has 0 saturated carbocycles. The predicted octanol–water partition coefficient (Wildman–Crippen LogP) is 2.36. The van der Waals surface area contributed by atoms with Crippen LogP contribution in [-0.4, -0.2) is 32.0 Å². The van der Waals surface area contributed by atoms with Crippen LogP contribution in [0.3, 0.4) is 0 Å². The maximum Gasteiger partial charge on any atom is 0.273 e. The molecule has 0 aliphatic rings. The fourth-order valence-electron chi connectivity index (χ4n) is 2.81. The van der Waals surface area contributed by atoms with Crippen molar-refractivity contribution >= 4 is 11.8 Å². The summed E-state index contributed by atoms with van der Waals surface area (Å²) in [6.45, 7) is 2.08. The van der Waals surface area contributed by atoms with Crippen molar-refractivity contribution < 1.29 is 14.0 Å². The predicted molar refractivity (Wildman–Crippen MR) is 107 cm³/mol. The maximum absolute atomic E-state index is 12.2. The monoisotopic (exact) mass is 402 g/mol. The Morgan fingerprint density at radius 3 is 2.40 bits per heavy atom. The molecule has 4 aromatic rings. The van der Waals surface area contributed by atoms with Gasteiger partial charge in [0.05, 0.1) is 18.4 Å². The minimum absolute atomic E-state index is 0.362. The summed E-state index contributed by atoms with van der Waals surface area (Å²) in [6, 6.07) is 18.0. The minimum Gasteiger partial charge on any atom is -0.469 e. The molecule has 9 heteroatoms. The van der Waals surface area contributed by atoms with Crippen molar-refractivity contribution in [2.24, 2.45) is 0 Å². The molecule has 2 heterocycles. The Labute approximate surface area is 171 Å². The van der Waals surface area contributed by atoms with Gasteiger partial charge in [-0.05, 0) is 35.9 Å². The summed E-state index contributed by atoms with van der Waals surface area (Å²) in [5.41, 5.74) is 7.31. The Bertz CT molecular complexity index is 1160. The van der Waals surface area contributed by atoms with Gasteiger partial charge in [0.1, 0.15) is 5.76 Å². The van der Waals surface area contributed by atoms with Crippen LogP contribution in [0, 0.1) is 6.92 Å². The van der Waals surface area contributed by atoms with Gasteiger partial charge in [0.25, 0.3) is 11.8 Å². The first-order valence-corrected chi connectivity index (χ1v) is 9.17. The van der Waals surface area contributed by atoms with E-state index >= 15 is 0 Å². The number of nitrogens with one attached hydrogen (secondary N) is 2. The molecule has 0 radical (unpaired) electrons. The molecule has 0 saturated heterocycles. The van der Waals surface area contributed by atoms with Gasteiger partial charge >= 0.3 is 0 Å². The Morgan fingerprint density at radius 2 is 1.70 bits per heavy atom. The number of benzene rings is 2. The molecule has 2 amide bonds.